The zero-order valence-electron chi connectivity index (χ0n) is 9.85. The van der Waals surface area contributed by atoms with E-state index < -0.39 is 0 Å². The number of hydrogen-bond acceptors (Lipinski definition) is 3. The number of nitrogens with zero attached hydrogens (tertiary/aromatic N) is 1. The van der Waals surface area contributed by atoms with Crippen LogP contribution in [0.4, 0.5) is 0 Å². The molecule has 4 heteroatoms. The number of rotatable bonds is 5. The van der Waals surface area contributed by atoms with Gasteiger partial charge in [0, 0.05) is 49.0 Å². The van der Waals surface area contributed by atoms with Crippen LogP contribution in [0.5, 0.6) is 0 Å². The Morgan fingerprint density at radius 3 is 2.71 bits per heavy atom. The second kappa shape index (κ2) is 5.80. The van der Waals surface area contributed by atoms with Crippen molar-refractivity contribution in [2.75, 3.05) is 6.54 Å². The summed E-state index contributed by atoms with van der Waals surface area (Å²) in [5.74, 6) is 0. The Labute approximate surface area is 105 Å². The minimum Gasteiger partial charge on any atom is -0.353 e. The summed E-state index contributed by atoms with van der Waals surface area (Å²) >= 11 is 1.79. The van der Waals surface area contributed by atoms with Crippen molar-refractivity contribution in [1.29, 1.82) is 0 Å². The molecule has 90 valence electrons. The van der Waals surface area contributed by atoms with Crippen molar-refractivity contribution >= 4 is 11.3 Å². The molecule has 0 amide bonds. The quantitative estimate of drug-likeness (QED) is 0.821. The van der Waals surface area contributed by atoms with E-state index in [0.29, 0.717) is 0 Å². The van der Waals surface area contributed by atoms with Gasteiger partial charge in [0.2, 0.25) is 0 Å². The SMILES string of the molecule is Cc1ccsc1CNCCn1ccc(=O)cc1. The summed E-state index contributed by atoms with van der Waals surface area (Å²) in [5, 5.41) is 5.52. The summed E-state index contributed by atoms with van der Waals surface area (Å²) in [5.41, 5.74) is 1.41. The molecule has 0 bridgehead atoms. The number of thiophene rings is 1. The highest BCUT2D eigenvalue weighted by Crippen LogP contribution is 2.14. The molecule has 0 atom stereocenters. The van der Waals surface area contributed by atoms with Crippen LogP contribution in [-0.2, 0) is 13.1 Å². The van der Waals surface area contributed by atoms with E-state index in [2.05, 4.69) is 23.7 Å². The monoisotopic (exact) mass is 248 g/mol. The molecular weight excluding hydrogens is 232 g/mol. The van der Waals surface area contributed by atoms with Gasteiger partial charge in [-0.05, 0) is 23.9 Å². The molecule has 2 heterocycles. The minimum absolute atomic E-state index is 0.0587. The standard InChI is InChI=1S/C13H16N2OS/c1-11-4-9-17-13(11)10-14-5-8-15-6-2-12(16)3-7-15/h2-4,6-7,9,14H,5,8,10H2,1H3. The molecule has 0 radical (unpaired) electrons. The van der Waals surface area contributed by atoms with Crippen molar-refractivity contribution < 1.29 is 0 Å². The van der Waals surface area contributed by atoms with Crippen LogP contribution in [0.15, 0.2) is 40.8 Å². The van der Waals surface area contributed by atoms with E-state index in [1.807, 2.05) is 17.0 Å². The molecule has 0 saturated heterocycles. The Morgan fingerprint density at radius 2 is 2.06 bits per heavy atom. The molecule has 0 aliphatic rings. The van der Waals surface area contributed by atoms with Crippen LogP contribution in [0.1, 0.15) is 10.4 Å². The molecule has 2 rings (SSSR count). The largest absolute Gasteiger partial charge is 0.353 e. The van der Waals surface area contributed by atoms with Crippen molar-refractivity contribution in [2.45, 2.75) is 20.0 Å². The Balaban J connectivity index is 1.75. The van der Waals surface area contributed by atoms with Gasteiger partial charge in [-0.15, -0.1) is 11.3 Å². The summed E-state index contributed by atoms with van der Waals surface area (Å²) in [6.07, 6.45) is 3.64. The van der Waals surface area contributed by atoms with Crippen LogP contribution >= 0.6 is 11.3 Å². The molecule has 0 spiro atoms. The van der Waals surface area contributed by atoms with Gasteiger partial charge in [-0.2, -0.15) is 0 Å². The Hall–Kier alpha value is -1.39. The highest BCUT2D eigenvalue weighted by Gasteiger charge is 1.98. The van der Waals surface area contributed by atoms with Gasteiger partial charge in [-0.1, -0.05) is 0 Å². The lowest BCUT2D eigenvalue weighted by atomic mass is 10.3. The summed E-state index contributed by atoms with van der Waals surface area (Å²) in [6.45, 7) is 4.84. The molecule has 0 aliphatic carbocycles. The number of pyridine rings is 1. The summed E-state index contributed by atoms with van der Waals surface area (Å²) in [4.78, 5) is 12.3. The lowest BCUT2D eigenvalue weighted by Crippen LogP contribution is -2.19. The topological polar surface area (TPSA) is 34.0 Å². The minimum atomic E-state index is 0.0587. The summed E-state index contributed by atoms with van der Waals surface area (Å²) in [7, 11) is 0. The van der Waals surface area contributed by atoms with Gasteiger partial charge >= 0.3 is 0 Å². The van der Waals surface area contributed by atoms with Gasteiger partial charge < -0.3 is 9.88 Å². The fourth-order valence-corrected chi connectivity index (χ4v) is 2.46. The van der Waals surface area contributed by atoms with Crippen molar-refractivity contribution in [3.05, 3.63) is 56.6 Å². The third-order valence-corrected chi connectivity index (χ3v) is 3.68. The van der Waals surface area contributed by atoms with Crippen molar-refractivity contribution in [3.63, 3.8) is 0 Å². The lowest BCUT2D eigenvalue weighted by molar-refractivity contribution is 0.597. The highest BCUT2D eigenvalue weighted by atomic mass is 32.1. The highest BCUT2D eigenvalue weighted by molar-refractivity contribution is 7.10. The van der Waals surface area contributed by atoms with Gasteiger partial charge in [0.25, 0.3) is 0 Å². The van der Waals surface area contributed by atoms with E-state index in [9.17, 15) is 4.79 Å². The predicted molar refractivity (Wildman–Crippen MR) is 71.5 cm³/mol. The average molecular weight is 248 g/mol. The van der Waals surface area contributed by atoms with Crippen LogP contribution in [0.25, 0.3) is 0 Å². The Kier molecular flexibility index (Phi) is 4.12. The van der Waals surface area contributed by atoms with Crippen molar-refractivity contribution in [2.24, 2.45) is 0 Å². The fourth-order valence-electron chi connectivity index (χ4n) is 1.59. The number of hydrogen-bond donors (Lipinski definition) is 1. The molecule has 3 nitrogen and oxygen atoms in total. The molecule has 17 heavy (non-hydrogen) atoms. The van der Waals surface area contributed by atoms with Crippen molar-refractivity contribution in [1.82, 2.24) is 9.88 Å². The normalized spacial score (nSPS) is 10.6. The first-order valence-corrected chi connectivity index (χ1v) is 6.53. The van der Waals surface area contributed by atoms with Gasteiger partial charge in [0.1, 0.15) is 0 Å². The van der Waals surface area contributed by atoms with Crippen LogP contribution in [-0.4, -0.2) is 11.1 Å². The number of aromatic nitrogens is 1. The molecule has 0 aliphatic heterocycles. The summed E-state index contributed by atoms with van der Waals surface area (Å²) < 4.78 is 2.01. The van der Waals surface area contributed by atoms with Crippen LogP contribution in [0.2, 0.25) is 0 Å². The van der Waals surface area contributed by atoms with E-state index >= 15 is 0 Å². The molecule has 0 aromatic carbocycles. The first kappa shape index (κ1) is 12.1. The third-order valence-electron chi connectivity index (χ3n) is 2.66. The fraction of sp³-hybridized carbons (Fsp3) is 0.308. The van der Waals surface area contributed by atoms with Gasteiger partial charge in [0.05, 0.1) is 0 Å². The molecule has 0 fully saturated rings. The molecule has 2 aromatic heterocycles. The third kappa shape index (κ3) is 3.54. The Bertz CT molecular complexity index is 510. The molecule has 0 saturated carbocycles. The van der Waals surface area contributed by atoms with Gasteiger partial charge in [-0.3, -0.25) is 4.79 Å². The van der Waals surface area contributed by atoms with E-state index in [1.165, 1.54) is 10.4 Å². The molecule has 1 N–H and O–H groups in total. The first-order chi connectivity index (χ1) is 8.25. The Morgan fingerprint density at radius 1 is 1.29 bits per heavy atom. The van der Waals surface area contributed by atoms with Gasteiger partial charge in [-0.25, -0.2) is 0 Å². The van der Waals surface area contributed by atoms with Gasteiger partial charge in [0.15, 0.2) is 5.43 Å². The average Bonchev–Trinajstić information content (AvgIpc) is 2.73. The van der Waals surface area contributed by atoms with Crippen LogP contribution < -0.4 is 10.7 Å². The zero-order valence-corrected chi connectivity index (χ0v) is 10.7. The van der Waals surface area contributed by atoms with Crippen LogP contribution in [0, 0.1) is 6.92 Å². The predicted octanol–water partition coefficient (Wildman–Crippen LogP) is 2.01. The number of nitrogens with one attached hydrogen (secondary N) is 1. The molecular formula is C13H16N2OS. The van der Waals surface area contributed by atoms with E-state index in [-0.39, 0.29) is 5.43 Å². The van der Waals surface area contributed by atoms with E-state index in [0.717, 1.165) is 19.6 Å². The summed E-state index contributed by atoms with van der Waals surface area (Å²) in [6, 6.07) is 5.32. The second-order valence-corrected chi connectivity index (χ2v) is 4.98. The second-order valence-electron chi connectivity index (χ2n) is 3.98. The molecule has 2 aromatic rings. The van der Waals surface area contributed by atoms with E-state index in [4.69, 9.17) is 0 Å². The van der Waals surface area contributed by atoms with Crippen molar-refractivity contribution in [3.8, 4) is 0 Å². The number of aryl methyl sites for hydroxylation is 1. The van der Waals surface area contributed by atoms with Crippen LogP contribution in [0.3, 0.4) is 0 Å². The first-order valence-electron chi connectivity index (χ1n) is 5.65. The maximum Gasteiger partial charge on any atom is 0.181 e. The van der Waals surface area contributed by atoms with E-state index in [1.54, 1.807) is 23.5 Å². The zero-order chi connectivity index (χ0) is 12.1. The lowest BCUT2D eigenvalue weighted by Gasteiger charge is -2.07. The maximum atomic E-state index is 10.9. The maximum absolute atomic E-state index is 10.9. The smallest absolute Gasteiger partial charge is 0.181 e. The molecule has 0 unspecified atom stereocenters.